The second kappa shape index (κ2) is 34.6. The molecule has 343 valence electrons. The van der Waals surface area contributed by atoms with Gasteiger partial charge in [0.2, 0.25) is 0 Å². The van der Waals surface area contributed by atoms with Gasteiger partial charge < -0.3 is 0 Å². The van der Waals surface area contributed by atoms with Crippen molar-refractivity contribution < 1.29 is 25.6 Å². The Labute approximate surface area is 401 Å². The molecule has 1 radical (unpaired) electrons. The number of aryl methyl sites for hydroxylation is 1. The molecular formula is C53H82NaO6S2. The van der Waals surface area contributed by atoms with Crippen LogP contribution >= 0.6 is 0 Å². The molecule has 62 heavy (non-hydrogen) atoms. The summed E-state index contributed by atoms with van der Waals surface area (Å²) in [7, 11) is -7.94. The summed E-state index contributed by atoms with van der Waals surface area (Å²) >= 11 is 0. The zero-order valence-electron chi connectivity index (χ0n) is 39.2. The van der Waals surface area contributed by atoms with E-state index in [4.69, 9.17) is 4.18 Å². The molecule has 4 aromatic carbocycles. The van der Waals surface area contributed by atoms with Crippen LogP contribution in [0.15, 0.2) is 88.7 Å². The van der Waals surface area contributed by atoms with Gasteiger partial charge in [0, 0.05) is 40.3 Å². The molecule has 0 fully saturated rings. The number of hydrogen-bond acceptors (Lipinski definition) is 5. The SMILES string of the molecule is CCCCCCCCCCCCCCCCCCc1ccc2ccccc2c1S(=O)(=O)O.CCCCCCCCCCCCCCCOS(=O)(=O)c1cccc2ccccc12.[Na]. The normalized spacial score (nSPS) is 11.7. The molecule has 0 saturated heterocycles. The Balaban J connectivity index is 0.000000422. The van der Waals surface area contributed by atoms with Crippen LogP contribution in [-0.2, 0) is 30.8 Å². The third-order valence-electron chi connectivity index (χ3n) is 12.0. The standard InChI is InChI=1S/C28H44O3S.C25H38O3S.Na/c1-2-3-4-5-6-7-8-9-10-11-12-13-14-15-16-17-21-26-24-23-25-20-18-19-22-27(25)28(26)32(29,30)31;1-2-3-4-5-6-7-8-9-10-11-12-13-16-22-28-29(26,27)25-21-17-19-23-18-14-15-20-24(23)25;/h18-20,22-24H,2-17,21H2,1H3,(H,29,30,31);14-15,17-21H,2-13,16,22H2,1H3;. The van der Waals surface area contributed by atoms with Crippen LogP contribution in [0.3, 0.4) is 0 Å². The molecule has 0 heterocycles. The van der Waals surface area contributed by atoms with Crippen LogP contribution in [0.25, 0.3) is 21.5 Å². The van der Waals surface area contributed by atoms with Gasteiger partial charge in [-0.05, 0) is 41.7 Å². The van der Waals surface area contributed by atoms with Crippen molar-refractivity contribution in [1.82, 2.24) is 0 Å². The van der Waals surface area contributed by atoms with Gasteiger partial charge in [-0.1, -0.05) is 260 Å². The molecule has 9 heteroatoms. The van der Waals surface area contributed by atoms with Gasteiger partial charge in [0.15, 0.2) is 0 Å². The largest absolute Gasteiger partial charge is 0.297 e. The summed E-state index contributed by atoms with van der Waals surface area (Å²) in [6, 6.07) is 24.0. The van der Waals surface area contributed by atoms with Gasteiger partial charge in [0.1, 0.15) is 9.79 Å². The first kappa shape index (κ1) is 56.3. The number of fused-ring (bicyclic) bond motifs is 2. The first-order valence-electron chi connectivity index (χ1n) is 24.5. The number of hydrogen-bond donors (Lipinski definition) is 1. The third-order valence-corrected chi connectivity index (χ3v) is 14.4. The Bertz CT molecular complexity index is 1960. The van der Waals surface area contributed by atoms with E-state index in [2.05, 4.69) is 13.8 Å². The van der Waals surface area contributed by atoms with Crippen molar-refractivity contribution >= 4 is 71.3 Å². The Morgan fingerprint density at radius 1 is 0.419 bits per heavy atom. The molecule has 4 rings (SSSR count). The van der Waals surface area contributed by atoms with Gasteiger partial charge in [-0.2, -0.15) is 16.8 Å². The van der Waals surface area contributed by atoms with Crippen LogP contribution in [0.1, 0.15) is 206 Å². The molecule has 0 aromatic heterocycles. The van der Waals surface area contributed by atoms with Crippen LogP contribution in [-0.4, -0.2) is 57.6 Å². The van der Waals surface area contributed by atoms with Gasteiger partial charge in [-0.15, -0.1) is 0 Å². The predicted octanol–water partition coefficient (Wildman–Crippen LogP) is 16.1. The van der Waals surface area contributed by atoms with E-state index >= 15 is 0 Å². The zero-order valence-corrected chi connectivity index (χ0v) is 42.9. The van der Waals surface area contributed by atoms with Crippen molar-refractivity contribution in [2.24, 2.45) is 0 Å². The maximum absolute atomic E-state index is 12.5. The monoisotopic (exact) mass is 902 g/mol. The quantitative estimate of drug-likeness (QED) is 0.0217. The van der Waals surface area contributed by atoms with Gasteiger partial charge in [-0.3, -0.25) is 8.74 Å². The minimum absolute atomic E-state index is 0. The molecule has 0 spiro atoms. The topological polar surface area (TPSA) is 97.7 Å². The van der Waals surface area contributed by atoms with Crippen molar-refractivity contribution in [1.29, 1.82) is 0 Å². The summed E-state index contributed by atoms with van der Waals surface area (Å²) in [6.07, 6.45) is 38.3. The maximum Gasteiger partial charge on any atom is 0.297 e. The summed E-state index contributed by atoms with van der Waals surface area (Å²) in [4.78, 5) is 0.363. The minimum Gasteiger partial charge on any atom is -0.282 e. The summed E-state index contributed by atoms with van der Waals surface area (Å²) in [5.41, 5.74) is 0.733. The number of unbranched alkanes of at least 4 members (excludes halogenated alkanes) is 27. The molecular weight excluding hydrogens is 820 g/mol. The Kier molecular flexibility index (Phi) is 31.4. The van der Waals surface area contributed by atoms with Crippen molar-refractivity contribution in [3.63, 3.8) is 0 Å². The number of rotatable bonds is 34. The molecule has 0 aliphatic carbocycles. The van der Waals surface area contributed by atoms with Crippen LogP contribution < -0.4 is 0 Å². The van der Waals surface area contributed by atoms with Gasteiger partial charge in [0.25, 0.3) is 20.2 Å². The molecule has 0 aliphatic rings. The molecule has 1 N–H and O–H groups in total. The number of benzene rings is 4. The van der Waals surface area contributed by atoms with E-state index in [1.807, 2.05) is 60.7 Å². The summed E-state index contributed by atoms with van der Waals surface area (Å²) in [5.74, 6) is 0. The van der Waals surface area contributed by atoms with Crippen LogP contribution in [0, 0.1) is 0 Å². The van der Waals surface area contributed by atoms with Crippen LogP contribution in [0.2, 0.25) is 0 Å². The molecule has 6 nitrogen and oxygen atoms in total. The average molecular weight is 902 g/mol. The Hall–Kier alpha value is -1.78. The van der Waals surface area contributed by atoms with E-state index in [9.17, 15) is 21.4 Å². The van der Waals surface area contributed by atoms with E-state index in [0.29, 0.717) is 11.8 Å². The maximum atomic E-state index is 12.5. The van der Waals surface area contributed by atoms with E-state index in [1.165, 1.54) is 154 Å². The second-order valence-corrected chi connectivity index (χ2v) is 20.2. The molecule has 0 bridgehead atoms. The van der Waals surface area contributed by atoms with E-state index in [0.717, 1.165) is 53.8 Å². The third kappa shape index (κ3) is 23.4. The van der Waals surface area contributed by atoms with Crippen molar-refractivity contribution in [3.05, 3.63) is 84.4 Å². The predicted molar refractivity (Wildman–Crippen MR) is 266 cm³/mol. The van der Waals surface area contributed by atoms with Crippen LogP contribution in [0.4, 0.5) is 0 Å². The molecule has 0 unspecified atom stereocenters. The van der Waals surface area contributed by atoms with Gasteiger partial charge >= 0.3 is 0 Å². The molecule has 0 atom stereocenters. The van der Waals surface area contributed by atoms with E-state index in [1.54, 1.807) is 18.2 Å². The van der Waals surface area contributed by atoms with Crippen molar-refractivity contribution in [2.45, 2.75) is 216 Å². The minimum atomic E-state index is -4.23. The Morgan fingerprint density at radius 3 is 1.24 bits per heavy atom. The Morgan fingerprint density at radius 2 is 0.790 bits per heavy atom. The second-order valence-electron chi connectivity index (χ2n) is 17.3. The summed E-state index contributed by atoms with van der Waals surface area (Å²) in [5, 5.41) is 3.10. The fraction of sp³-hybridized carbons (Fsp3) is 0.623. The smallest absolute Gasteiger partial charge is 0.282 e. The first-order valence-corrected chi connectivity index (χ1v) is 27.4. The zero-order chi connectivity index (χ0) is 43.9. The molecule has 0 aliphatic heterocycles. The van der Waals surface area contributed by atoms with Gasteiger partial charge in [-0.25, -0.2) is 0 Å². The van der Waals surface area contributed by atoms with Crippen LogP contribution in [0.5, 0.6) is 0 Å². The fourth-order valence-electron chi connectivity index (χ4n) is 8.42. The van der Waals surface area contributed by atoms with E-state index in [-0.39, 0.29) is 46.0 Å². The molecule has 0 saturated carbocycles. The summed E-state index contributed by atoms with van der Waals surface area (Å²) in [6.45, 7) is 4.80. The van der Waals surface area contributed by atoms with Gasteiger partial charge in [0.05, 0.1) is 6.61 Å². The average Bonchev–Trinajstić information content (AvgIpc) is 3.25. The summed E-state index contributed by atoms with van der Waals surface area (Å²) < 4.78 is 64.1. The van der Waals surface area contributed by atoms with Crippen molar-refractivity contribution in [2.75, 3.05) is 6.61 Å². The first-order chi connectivity index (χ1) is 29.7. The fourth-order valence-corrected chi connectivity index (χ4v) is 10.5. The molecule has 0 amide bonds. The van der Waals surface area contributed by atoms with Crippen molar-refractivity contribution in [3.8, 4) is 0 Å². The van der Waals surface area contributed by atoms with E-state index < -0.39 is 20.2 Å². The molecule has 4 aromatic rings.